The molecule has 28 heavy (non-hydrogen) atoms. The second kappa shape index (κ2) is 7.04. The van der Waals surface area contributed by atoms with Crippen LogP contribution in [0, 0.1) is 5.92 Å². The number of carbonyl (C=O) groups excluding carboxylic acids is 1. The van der Waals surface area contributed by atoms with Gasteiger partial charge in [0, 0.05) is 25.6 Å². The highest BCUT2D eigenvalue weighted by Gasteiger charge is 2.30. The number of β-amino-alcohol motifs (C(OH)–C–C–N with tert-alkyl or cyclic N) is 1. The number of rotatable bonds is 5. The van der Waals surface area contributed by atoms with Crippen LogP contribution < -0.4 is 5.32 Å². The Balaban J connectivity index is 1.37. The van der Waals surface area contributed by atoms with Crippen LogP contribution in [0.1, 0.15) is 24.8 Å². The number of nitrogens with zero attached hydrogens (tertiary/aromatic N) is 3. The highest BCUT2D eigenvalue weighted by molar-refractivity contribution is 5.93. The van der Waals surface area contributed by atoms with Crippen LogP contribution in [0.2, 0.25) is 0 Å². The van der Waals surface area contributed by atoms with E-state index < -0.39 is 0 Å². The van der Waals surface area contributed by atoms with Crippen molar-refractivity contribution in [3.8, 4) is 11.3 Å². The number of hydrogen-bond donors (Lipinski definition) is 2. The molecule has 1 saturated heterocycles. The summed E-state index contributed by atoms with van der Waals surface area (Å²) in [7, 11) is 0. The van der Waals surface area contributed by atoms with E-state index in [0.717, 1.165) is 55.8 Å². The van der Waals surface area contributed by atoms with Crippen LogP contribution in [0.3, 0.4) is 0 Å². The maximum Gasteiger partial charge on any atom is 0.228 e. The van der Waals surface area contributed by atoms with Gasteiger partial charge < -0.3 is 10.4 Å². The molecule has 1 aromatic carbocycles. The molecule has 5 rings (SSSR count). The SMILES string of the molecule is O=C(Nc1cn2c(-c3ccc(CN4CC[C@@H](O)C4)cc3)cccc2n1)C1CC1. The van der Waals surface area contributed by atoms with Gasteiger partial charge in [0.2, 0.25) is 5.91 Å². The molecule has 1 atom stereocenters. The molecule has 6 heteroatoms. The highest BCUT2D eigenvalue weighted by Crippen LogP contribution is 2.30. The lowest BCUT2D eigenvalue weighted by Gasteiger charge is -2.15. The van der Waals surface area contributed by atoms with Gasteiger partial charge in [-0.05, 0) is 42.5 Å². The van der Waals surface area contributed by atoms with E-state index in [4.69, 9.17) is 0 Å². The van der Waals surface area contributed by atoms with E-state index in [9.17, 15) is 9.90 Å². The Hall–Kier alpha value is -2.70. The first kappa shape index (κ1) is 17.4. The second-order valence-corrected chi connectivity index (χ2v) is 7.90. The average Bonchev–Trinajstić information content (AvgIpc) is 3.35. The zero-order valence-corrected chi connectivity index (χ0v) is 15.7. The third-order valence-electron chi connectivity index (χ3n) is 5.59. The van der Waals surface area contributed by atoms with Crippen LogP contribution in [0.25, 0.3) is 16.9 Å². The summed E-state index contributed by atoms with van der Waals surface area (Å²) in [6, 6.07) is 14.5. The van der Waals surface area contributed by atoms with Crippen molar-refractivity contribution < 1.29 is 9.90 Å². The molecule has 2 aliphatic rings. The van der Waals surface area contributed by atoms with Crippen molar-refractivity contribution in [1.29, 1.82) is 0 Å². The lowest BCUT2D eigenvalue weighted by Crippen LogP contribution is -2.21. The molecule has 0 spiro atoms. The zero-order chi connectivity index (χ0) is 19.1. The topological polar surface area (TPSA) is 69.9 Å². The average molecular weight is 376 g/mol. The molecular formula is C22H24N4O2. The molecule has 1 amide bonds. The number of carbonyl (C=O) groups is 1. The van der Waals surface area contributed by atoms with Gasteiger partial charge in [-0.25, -0.2) is 4.98 Å². The number of anilines is 1. The number of hydrogen-bond acceptors (Lipinski definition) is 4. The van der Waals surface area contributed by atoms with Gasteiger partial charge in [-0.2, -0.15) is 0 Å². The summed E-state index contributed by atoms with van der Waals surface area (Å²) in [6.07, 6.45) is 4.53. The van der Waals surface area contributed by atoms with Gasteiger partial charge in [-0.1, -0.05) is 30.3 Å². The molecule has 144 valence electrons. The van der Waals surface area contributed by atoms with Crippen molar-refractivity contribution in [1.82, 2.24) is 14.3 Å². The van der Waals surface area contributed by atoms with Crippen molar-refractivity contribution >= 4 is 17.4 Å². The van der Waals surface area contributed by atoms with Crippen molar-refractivity contribution in [3.63, 3.8) is 0 Å². The van der Waals surface area contributed by atoms with E-state index in [1.54, 1.807) is 0 Å². The predicted molar refractivity (Wildman–Crippen MR) is 108 cm³/mol. The van der Waals surface area contributed by atoms with Gasteiger partial charge in [0.05, 0.1) is 18.0 Å². The number of amides is 1. The smallest absolute Gasteiger partial charge is 0.228 e. The number of benzene rings is 1. The first-order valence-corrected chi connectivity index (χ1v) is 9.94. The number of aromatic nitrogens is 2. The molecule has 6 nitrogen and oxygen atoms in total. The molecule has 0 unspecified atom stereocenters. The minimum absolute atomic E-state index is 0.0707. The molecule has 1 aliphatic carbocycles. The number of nitrogens with one attached hydrogen (secondary N) is 1. The van der Waals surface area contributed by atoms with Crippen LogP contribution in [-0.2, 0) is 11.3 Å². The van der Waals surface area contributed by atoms with Gasteiger partial charge in [0.15, 0.2) is 5.82 Å². The number of imidazole rings is 1. The largest absolute Gasteiger partial charge is 0.392 e. The fourth-order valence-electron chi connectivity index (χ4n) is 3.87. The fraction of sp³-hybridized carbons (Fsp3) is 0.364. The van der Waals surface area contributed by atoms with E-state index in [1.807, 2.05) is 22.7 Å². The number of likely N-dealkylation sites (tertiary alicyclic amines) is 1. The first-order chi connectivity index (χ1) is 13.7. The third-order valence-corrected chi connectivity index (χ3v) is 5.59. The number of aliphatic hydroxyl groups is 1. The third kappa shape index (κ3) is 3.53. The maximum absolute atomic E-state index is 12.0. The Morgan fingerprint density at radius 2 is 1.96 bits per heavy atom. The quantitative estimate of drug-likeness (QED) is 0.718. The lowest BCUT2D eigenvalue weighted by atomic mass is 10.1. The highest BCUT2D eigenvalue weighted by atomic mass is 16.3. The Morgan fingerprint density at radius 3 is 2.68 bits per heavy atom. The number of pyridine rings is 1. The lowest BCUT2D eigenvalue weighted by molar-refractivity contribution is -0.117. The van der Waals surface area contributed by atoms with E-state index in [-0.39, 0.29) is 17.9 Å². The van der Waals surface area contributed by atoms with E-state index >= 15 is 0 Å². The predicted octanol–water partition coefficient (Wildman–Crippen LogP) is 2.92. The molecule has 1 saturated carbocycles. The first-order valence-electron chi connectivity index (χ1n) is 9.94. The van der Waals surface area contributed by atoms with E-state index in [0.29, 0.717) is 5.82 Å². The summed E-state index contributed by atoms with van der Waals surface area (Å²) in [5.74, 6) is 0.837. The minimum atomic E-state index is -0.187. The Bertz CT molecular complexity index is 1010. The van der Waals surface area contributed by atoms with Crippen LogP contribution in [0.15, 0.2) is 48.7 Å². The van der Waals surface area contributed by atoms with E-state index in [1.165, 1.54) is 5.56 Å². The summed E-state index contributed by atoms with van der Waals surface area (Å²) in [4.78, 5) is 18.9. The summed E-state index contributed by atoms with van der Waals surface area (Å²) in [5, 5.41) is 12.6. The van der Waals surface area contributed by atoms with Crippen LogP contribution >= 0.6 is 0 Å². The fourth-order valence-corrected chi connectivity index (χ4v) is 3.87. The summed E-state index contributed by atoms with van der Waals surface area (Å²) in [6.45, 7) is 2.57. The Labute approximate surface area is 163 Å². The molecule has 0 bridgehead atoms. The molecule has 3 heterocycles. The molecule has 2 fully saturated rings. The van der Waals surface area contributed by atoms with Crippen LogP contribution in [0.4, 0.5) is 5.82 Å². The zero-order valence-electron chi connectivity index (χ0n) is 15.7. The van der Waals surface area contributed by atoms with Crippen LogP contribution in [0.5, 0.6) is 0 Å². The van der Waals surface area contributed by atoms with Crippen LogP contribution in [-0.4, -0.2) is 44.5 Å². The van der Waals surface area contributed by atoms with Gasteiger partial charge >= 0.3 is 0 Å². The molecule has 3 aromatic rings. The van der Waals surface area contributed by atoms with Crippen molar-refractivity contribution in [2.45, 2.75) is 31.9 Å². The van der Waals surface area contributed by atoms with Crippen molar-refractivity contribution in [3.05, 3.63) is 54.2 Å². The molecule has 2 aromatic heterocycles. The normalized spacial score (nSPS) is 20.0. The Morgan fingerprint density at radius 1 is 1.14 bits per heavy atom. The number of fused-ring (bicyclic) bond motifs is 1. The maximum atomic E-state index is 12.0. The number of aliphatic hydroxyl groups excluding tert-OH is 1. The van der Waals surface area contributed by atoms with Gasteiger partial charge in [-0.15, -0.1) is 0 Å². The van der Waals surface area contributed by atoms with E-state index in [2.05, 4.69) is 45.5 Å². The van der Waals surface area contributed by atoms with Gasteiger partial charge in [-0.3, -0.25) is 14.1 Å². The summed E-state index contributed by atoms with van der Waals surface area (Å²) >= 11 is 0. The molecule has 1 aliphatic heterocycles. The molecular weight excluding hydrogens is 352 g/mol. The summed E-state index contributed by atoms with van der Waals surface area (Å²) < 4.78 is 2.02. The standard InChI is InChI=1S/C22H24N4O2/c27-18-10-11-25(13-18)12-15-4-6-16(7-5-15)19-2-1-3-21-23-20(14-26(19)21)24-22(28)17-8-9-17/h1-7,14,17-18,27H,8-13H2,(H,24,28)/t18-/m1/s1. The minimum Gasteiger partial charge on any atom is -0.392 e. The second-order valence-electron chi connectivity index (χ2n) is 7.90. The van der Waals surface area contributed by atoms with Crippen molar-refractivity contribution in [2.75, 3.05) is 18.4 Å². The van der Waals surface area contributed by atoms with Gasteiger partial charge in [0.25, 0.3) is 0 Å². The molecule has 2 N–H and O–H groups in total. The van der Waals surface area contributed by atoms with Gasteiger partial charge in [0.1, 0.15) is 5.65 Å². The molecule has 0 radical (unpaired) electrons. The summed E-state index contributed by atoms with van der Waals surface area (Å²) in [5.41, 5.74) is 4.21. The monoisotopic (exact) mass is 376 g/mol. The van der Waals surface area contributed by atoms with Crippen molar-refractivity contribution in [2.24, 2.45) is 5.92 Å². The Kier molecular flexibility index (Phi) is 4.37.